The molecule has 0 unspecified atom stereocenters. The van der Waals surface area contributed by atoms with Gasteiger partial charge in [-0.05, 0) is 59.2 Å². The highest BCUT2D eigenvalue weighted by Crippen LogP contribution is 2.41. The van der Waals surface area contributed by atoms with E-state index in [0.717, 1.165) is 17.4 Å². The number of carboxylic acids is 1. The molecule has 0 saturated carbocycles. The highest BCUT2D eigenvalue weighted by atomic mass is 32.2. The van der Waals surface area contributed by atoms with E-state index in [0.29, 0.717) is 16.7 Å². The Bertz CT molecular complexity index is 1510. The van der Waals surface area contributed by atoms with E-state index in [4.69, 9.17) is 0 Å². The van der Waals surface area contributed by atoms with E-state index >= 15 is 0 Å². The van der Waals surface area contributed by atoms with Gasteiger partial charge in [-0.1, -0.05) is 30.3 Å². The lowest BCUT2D eigenvalue weighted by Crippen LogP contribution is -2.15. The SMILES string of the molecule is CN(C)c1ccc(C(=C2C(=O)C=Cc3cc(C(=O)O)cc(S(=O)(=O)O)c32)c2ccc(N(C)C)cc2)cc1. The average molecular weight is 519 g/mol. The van der Waals surface area contributed by atoms with Gasteiger partial charge < -0.3 is 14.9 Å². The molecule has 0 saturated heterocycles. The lowest BCUT2D eigenvalue weighted by molar-refractivity contribution is -0.109. The van der Waals surface area contributed by atoms with Gasteiger partial charge in [0.1, 0.15) is 4.90 Å². The van der Waals surface area contributed by atoms with Gasteiger partial charge in [-0.15, -0.1) is 0 Å². The Morgan fingerprint density at radius 3 is 1.65 bits per heavy atom. The predicted octanol–water partition coefficient (Wildman–Crippen LogP) is 4.32. The second kappa shape index (κ2) is 9.68. The van der Waals surface area contributed by atoms with Crippen molar-refractivity contribution in [1.29, 1.82) is 0 Å². The molecule has 1 aliphatic rings. The summed E-state index contributed by atoms with van der Waals surface area (Å²) in [4.78, 5) is 28.3. The summed E-state index contributed by atoms with van der Waals surface area (Å²) in [5.74, 6) is -1.83. The van der Waals surface area contributed by atoms with Crippen LogP contribution >= 0.6 is 0 Å². The average Bonchev–Trinajstić information content (AvgIpc) is 2.84. The summed E-state index contributed by atoms with van der Waals surface area (Å²) >= 11 is 0. The molecule has 0 radical (unpaired) electrons. The van der Waals surface area contributed by atoms with Crippen LogP contribution in [-0.2, 0) is 14.9 Å². The van der Waals surface area contributed by atoms with Crippen molar-refractivity contribution in [2.45, 2.75) is 4.90 Å². The topological polar surface area (TPSA) is 115 Å². The molecule has 190 valence electrons. The molecule has 0 heterocycles. The number of hydrogen-bond donors (Lipinski definition) is 2. The van der Waals surface area contributed by atoms with Crippen molar-refractivity contribution in [2.75, 3.05) is 38.0 Å². The quantitative estimate of drug-likeness (QED) is 0.366. The molecule has 2 N–H and O–H groups in total. The smallest absolute Gasteiger partial charge is 0.335 e. The maximum atomic E-state index is 13.4. The number of allylic oxidation sites excluding steroid dienone is 2. The Balaban J connectivity index is 2.13. The number of ketones is 1. The second-order valence-electron chi connectivity index (χ2n) is 9.05. The number of benzene rings is 3. The van der Waals surface area contributed by atoms with Crippen LogP contribution in [0.15, 0.2) is 71.6 Å². The molecule has 0 fully saturated rings. The summed E-state index contributed by atoms with van der Waals surface area (Å²) in [5.41, 5.74) is 3.51. The first-order valence-corrected chi connectivity index (χ1v) is 12.7. The molecule has 0 amide bonds. The summed E-state index contributed by atoms with van der Waals surface area (Å²) in [6.45, 7) is 0. The molecule has 0 atom stereocenters. The van der Waals surface area contributed by atoms with Crippen molar-refractivity contribution in [3.05, 3.63) is 94.6 Å². The first-order chi connectivity index (χ1) is 17.4. The molecule has 0 spiro atoms. The maximum Gasteiger partial charge on any atom is 0.335 e. The third-order valence-corrected chi connectivity index (χ3v) is 7.04. The zero-order valence-corrected chi connectivity index (χ0v) is 21.6. The monoisotopic (exact) mass is 518 g/mol. The van der Waals surface area contributed by atoms with Crippen LogP contribution in [-0.4, -0.2) is 58.0 Å². The van der Waals surface area contributed by atoms with Crippen LogP contribution in [0.3, 0.4) is 0 Å². The van der Waals surface area contributed by atoms with Crippen LogP contribution < -0.4 is 9.80 Å². The summed E-state index contributed by atoms with van der Waals surface area (Å²) in [6.07, 6.45) is 2.64. The van der Waals surface area contributed by atoms with E-state index in [1.807, 2.05) is 86.5 Å². The van der Waals surface area contributed by atoms with Crippen LogP contribution in [0.1, 0.15) is 32.6 Å². The van der Waals surface area contributed by atoms with Crippen molar-refractivity contribution in [2.24, 2.45) is 0 Å². The van der Waals surface area contributed by atoms with Gasteiger partial charge in [0, 0.05) is 56.3 Å². The fourth-order valence-corrected chi connectivity index (χ4v) is 5.04. The largest absolute Gasteiger partial charge is 0.478 e. The van der Waals surface area contributed by atoms with Gasteiger partial charge in [0.15, 0.2) is 5.78 Å². The van der Waals surface area contributed by atoms with E-state index in [-0.39, 0.29) is 22.3 Å². The third kappa shape index (κ3) is 5.04. The number of fused-ring (bicyclic) bond motifs is 1. The molecule has 9 heteroatoms. The van der Waals surface area contributed by atoms with Crippen molar-refractivity contribution in [3.8, 4) is 0 Å². The molecular weight excluding hydrogens is 492 g/mol. The Morgan fingerprint density at radius 1 is 0.757 bits per heavy atom. The molecule has 8 nitrogen and oxygen atoms in total. The van der Waals surface area contributed by atoms with E-state index in [2.05, 4.69) is 0 Å². The fourth-order valence-electron chi connectivity index (χ4n) is 4.29. The minimum atomic E-state index is -4.89. The molecular formula is C28H26N2O6S. The van der Waals surface area contributed by atoms with Crippen LogP contribution in [0, 0.1) is 0 Å². The number of nitrogens with zero attached hydrogens (tertiary/aromatic N) is 2. The van der Waals surface area contributed by atoms with E-state index in [1.54, 1.807) is 0 Å². The van der Waals surface area contributed by atoms with Gasteiger partial charge in [0.25, 0.3) is 10.1 Å². The standard InChI is InChI=1S/C28H26N2O6S/c1-29(2)21-10-5-17(6-11-21)25(18-7-12-22(13-8-18)30(3)4)27-23(31)14-9-19-15-20(28(32)33)16-24(26(19)27)37(34,35)36/h5-16H,1-4H3,(H,32,33)(H,34,35,36). The Kier molecular flexibility index (Phi) is 6.77. The summed E-state index contributed by atoms with van der Waals surface area (Å²) in [6, 6.07) is 17.0. The molecule has 3 aromatic rings. The van der Waals surface area contributed by atoms with Gasteiger partial charge in [-0.3, -0.25) is 9.35 Å². The van der Waals surface area contributed by atoms with Crippen LogP contribution in [0.25, 0.3) is 17.2 Å². The number of rotatable bonds is 6. The highest BCUT2D eigenvalue weighted by Gasteiger charge is 2.31. The number of hydrogen-bond acceptors (Lipinski definition) is 6. The molecule has 0 bridgehead atoms. The molecule has 0 aromatic heterocycles. The first-order valence-electron chi connectivity index (χ1n) is 11.3. The lowest BCUT2D eigenvalue weighted by atomic mass is 9.82. The Labute approximate surface area is 215 Å². The van der Waals surface area contributed by atoms with Crippen molar-refractivity contribution < 1.29 is 27.7 Å². The number of anilines is 2. The minimum absolute atomic E-state index is 0.0385. The molecule has 1 aliphatic carbocycles. The summed E-state index contributed by atoms with van der Waals surface area (Å²) in [5, 5.41) is 9.51. The number of aromatic carboxylic acids is 1. The van der Waals surface area contributed by atoms with Gasteiger partial charge in [0.2, 0.25) is 0 Å². The highest BCUT2D eigenvalue weighted by molar-refractivity contribution is 7.86. The van der Waals surface area contributed by atoms with Gasteiger partial charge in [0.05, 0.1) is 5.56 Å². The molecule has 3 aromatic carbocycles. The molecule has 0 aliphatic heterocycles. The first kappa shape index (κ1) is 25.9. The van der Waals surface area contributed by atoms with Gasteiger partial charge >= 0.3 is 5.97 Å². The summed E-state index contributed by atoms with van der Waals surface area (Å²) in [7, 11) is 2.72. The zero-order chi connectivity index (χ0) is 27.1. The van der Waals surface area contributed by atoms with E-state index in [9.17, 15) is 27.7 Å². The van der Waals surface area contributed by atoms with Crippen molar-refractivity contribution in [3.63, 3.8) is 0 Å². The zero-order valence-electron chi connectivity index (χ0n) is 20.8. The maximum absolute atomic E-state index is 13.4. The second-order valence-corrected chi connectivity index (χ2v) is 10.4. The number of carbonyl (C=O) groups is 2. The van der Waals surface area contributed by atoms with Crippen LogP contribution in [0.4, 0.5) is 11.4 Å². The fraction of sp³-hybridized carbons (Fsp3) is 0.143. The minimum Gasteiger partial charge on any atom is -0.478 e. The van der Waals surface area contributed by atoms with E-state index in [1.165, 1.54) is 18.2 Å². The Morgan fingerprint density at radius 2 is 1.24 bits per heavy atom. The summed E-state index contributed by atoms with van der Waals surface area (Å²) < 4.78 is 35.0. The van der Waals surface area contributed by atoms with Crippen molar-refractivity contribution in [1.82, 2.24) is 0 Å². The predicted molar refractivity (Wildman–Crippen MR) is 145 cm³/mol. The van der Waals surface area contributed by atoms with E-state index < -0.39 is 26.8 Å². The van der Waals surface area contributed by atoms with Crippen LogP contribution in [0.5, 0.6) is 0 Å². The van der Waals surface area contributed by atoms with Crippen molar-refractivity contribution >= 4 is 50.5 Å². The third-order valence-electron chi connectivity index (χ3n) is 6.16. The molecule has 37 heavy (non-hydrogen) atoms. The number of carbonyl (C=O) groups excluding carboxylic acids is 1. The van der Waals surface area contributed by atoms with Crippen LogP contribution in [0.2, 0.25) is 0 Å². The van der Waals surface area contributed by atoms with Gasteiger partial charge in [-0.25, -0.2) is 4.79 Å². The molecule has 4 rings (SSSR count). The normalized spacial score (nSPS) is 12.8. The Hall–Kier alpha value is -4.21. The van der Waals surface area contributed by atoms with Gasteiger partial charge in [-0.2, -0.15) is 8.42 Å². The lowest BCUT2D eigenvalue weighted by Gasteiger charge is -2.23. The number of carboxylic acid groups (broad SMARTS) is 1.